The number of thioether (sulfide) groups is 1. The van der Waals surface area contributed by atoms with Gasteiger partial charge in [-0.05, 0) is 6.92 Å². The first kappa shape index (κ1) is 14.7. The first-order valence-electron chi connectivity index (χ1n) is 5.19. The van der Waals surface area contributed by atoms with Gasteiger partial charge < -0.3 is 15.2 Å². The van der Waals surface area contributed by atoms with Crippen molar-refractivity contribution in [3.63, 3.8) is 0 Å². The molecule has 100 valence electrons. The van der Waals surface area contributed by atoms with Gasteiger partial charge in [0.1, 0.15) is 0 Å². The molecule has 18 heavy (non-hydrogen) atoms. The third-order valence-electron chi connectivity index (χ3n) is 1.64. The summed E-state index contributed by atoms with van der Waals surface area (Å²) in [5, 5.41) is 19.6. The Balaban J connectivity index is 2.26. The summed E-state index contributed by atoms with van der Waals surface area (Å²) in [7, 11) is 0. The normalized spacial score (nSPS) is 10.1. The van der Waals surface area contributed by atoms with Gasteiger partial charge in [-0.15, -0.1) is 10.2 Å². The van der Waals surface area contributed by atoms with Crippen molar-refractivity contribution in [3.8, 4) is 0 Å². The number of carbonyl (C=O) groups is 2. The van der Waals surface area contributed by atoms with E-state index in [2.05, 4.69) is 15.5 Å². The molecule has 1 aromatic heterocycles. The summed E-state index contributed by atoms with van der Waals surface area (Å²) < 4.78 is 5.35. The Morgan fingerprint density at radius 1 is 1.50 bits per heavy atom. The van der Waals surface area contributed by atoms with Crippen LogP contribution >= 0.6 is 23.1 Å². The number of carbonyl (C=O) groups excluding carboxylic acids is 1. The van der Waals surface area contributed by atoms with Crippen LogP contribution in [0.3, 0.4) is 0 Å². The molecule has 0 saturated carbocycles. The molecule has 1 heterocycles. The minimum absolute atomic E-state index is 0.0442. The maximum absolute atomic E-state index is 11.1. The smallest absolute Gasteiger partial charge is 0.313 e. The number of rotatable bonds is 8. The van der Waals surface area contributed by atoms with Crippen molar-refractivity contribution in [2.75, 3.05) is 24.2 Å². The Morgan fingerprint density at radius 2 is 2.28 bits per heavy atom. The molecule has 0 aromatic carbocycles. The number of esters is 1. The average Bonchev–Trinajstić information content (AvgIpc) is 2.75. The standard InChI is InChI=1S/C9H13N3O4S2/c1-2-16-7(15)3-4-10-8-11-12-9(18-8)17-5-6(13)14/h2-5H2,1H3,(H,10,11)(H,13,14). The molecule has 2 N–H and O–H groups in total. The highest BCUT2D eigenvalue weighted by atomic mass is 32.2. The van der Waals surface area contributed by atoms with Crippen LogP contribution in [0.4, 0.5) is 5.13 Å². The van der Waals surface area contributed by atoms with Crippen molar-refractivity contribution >= 4 is 40.2 Å². The maximum atomic E-state index is 11.1. The molecule has 0 aliphatic rings. The summed E-state index contributed by atoms with van der Waals surface area (Å²) >= 11 is 2.37. The van der Waals surface area contributed by atoms with E-state index < -0.39 is 5.97 Å². The van der Waals surface area contributed by atoms with Gasteiger partial charge in [-0.3, -0.25) is 9.59 Å². The van der Waals surface area contributed by atoms with Crippen molar-refractivity contribution in [2.24, 2.45) is 0 Å². The van der Waals surface area contributed by atoms with Crippen LogP contribution in [0.5, 0.6) is 0 Å². The van der Waals surface area contributed by atoms with Gasteiger partial charge in [-0.25, -0.2) is 0 Å². The van der Waals surface area contributed by atoms with E-state index in [1.165, 1.54) is 11.3 Å². The first-order valence-corrected chi connectivity index (χ1v) is 6.99. The largest absolute Gasteiger partial charge is 0.481 e. The number of hydrogen-bond acceptors (Lipinski definition) is 8. The second-order valence-corrected chi connectivity index (χ2v) is 5.24. The second kappa shape index (κ2) is 7.88. The molecule has 0 radical (unpaired) electrons. The summed E-state index contributed by atoms with van der Waals surface area (Å²) in [5.74, 6) is -1.21. The van der Waals surface area contributed by atoms with Crippen molar-refractivity contribution in [1.82, 2.24) is 10.2 Å². The van der Waals surface area contributed by atoms with E-state index in [0.717, 1.165) is 11.8 Å². The first-order chi connectivity index (χ1) is 8.61. The molecule has 1 rings (SSSR count). The zero-order chi connectivity index (χ0) is 13.4. The van der Waals surface area contributed by atoms with Gasteiger partial charge in [-0.1, -0.05) is 23.1 Å². The number of anilines is 1. The van der Waals surface area contributed by atoms with Crippen LogP contribution in [0.1, 0.15) is 13.3 Å². The lowest BCUT2D eigenvalue weighted by Crippen LogP contribution is -2.11. The van der Waals surface area contributed by atoms with Crippen LogP contribution < -0.4 is 5.32 Å². The molecule has 0 spiro atoms. The molecule has 1 aromatic rings. The van der Waals surface area contributed by atoms with Gasteiger partial charge in [0.2, 0.25) is 5.13 Å². The third kappa shape index (κ3) is 5.82. The van der Waals surface area contributed by atoms with Crippen LogP contribution in [0.2, 0.25) is 0 Å². The Hall–Kier alpha value is -1.35. The fourth-order valence-electron chi connectivity index (χ4n) is 0.968. The quantitative estimate of drug-likeness (QED) is 0.542. The van der Waals surface area contributed by atoms with Crippen LogP contribution in [-0.2, 0) is 14.3 Å². The molecule has 0 aliphatic carbocycles. The van der Waals surface area contributed by atoms with Crippen molar-refractivity contribution in [1.29, 1.82) is 0 Å². The van der Waals surface area contributed by atoms with E-state index in [1.807, 2.05) is 0 Å². The second-order valence-electron chi connectivity index (χ2n) is 3.04. The van der Waals surface area contributed by atoms with Gasteiger partial charge in [0.05, 0.1) is 18.8 Å². The lowest BCUT2D eigenvalue weighted by atomic mass is 10.4. The highest BCUT2D eigenvalue weighted by Gasteiger charge is 2.07. The van der Waals surface area contributed by atoms with Gasteiger partial charge >= 0.3 is 11.9 Å². The molecule has 0 atom stereocenters. The molecule has 9 heteroatoms. The SMILES string of the molecule is CCOC(=O)CCNc1nnc(SCC(=O)O)s1. The number of carboxylic acid groups (broad SMARTS) is 1. The maximum Gasteiger partial charge on any atom is 0.313 e. The van der Waals surface area contributed by atoms with E-state index in [-0.39, 0.29) is 18.1 Å². The Kier molecular flexibility index (Phi) is 6.44. The Morgan fingerprint density at radius 3 is 2.94 bits per heavy atom. The fourth-order valence-corrected chi connectivity index (χ4v) is 2.47. The van der Waals surface area contributed by atoms with Crippen LogP contribution in [0, 0.1) is 0 Å². The number of hydrogen-bond donors (Lipinski definition) is 2. The van der Waals surface area contributed by atoms with Crippen LogP contribution in [-0.4, -0.2) is 46.1 Å². The Bertz CT molecular complexity index is 410. The predicted molar refractivity (Wildman–Crippen MR) is 68.0 cm³/mol. The number of carboxylic acids is 1. The highest BCUT2D eigenvalue weighted by molar-refractivity contribution is 8.01. The zero-order valence-corrected chi connectivity index (χ0v) is 11.3. The van der Waals surface area contributed by atoms with Gasteiger partial charge in [0, 0.05) is 6.54 Å². The van der Waals surface area contributed by atoms with Gasteiger partial charge in [0.15, 0.2) is 4.34 Å². The molecule has 0 saturated heterocycles. The molecule has 0 amide bonds. The van der Waals surface area contributed by atoms with Gasteiger partial charge in [0.25, 0.3) is 0 Å². The number of nitrogens with zero attached hydrogens (tertiary/aromatic N) is 2. The predicted octanol–water partition coefficient (Wildman–Crippen LogP) is 1.08. The lowest BCUT2D eigenvalue weighted by Gasteiger charge is -2.01. The number of nitrogens with one attached hydrogen (secondary N) is 1. The monoisotopic (exact) mass is 291 g/mol. The van der Waals surface area contributed by atoms with E-state index in [4.69, 9.17) is 9.84 Å². The van der Waals surface area contributed by atoms with Crippen molar-refractivity contribution in [2.45, 2.75) is 17.7 Å². The average molecular weight is 291 g/mol. The molecule has 0 aliphatic heterocycles. The van der Waals surface area contributed by atoms with Crippen LogP contribution in [0.15, 0.2) is 4.34 Å². The van der Waals surface area contributed by atoms with Crippen molar-refractivity contribution < 1.29 is 19.4 Å². The third-order valence-corrected chi connectivity index (χ3v) is 3.64. The minimum Gasteiger partial charge on any atom is -0.481 e. The molecular formula is C9H13N3O4S2. The summed E-state index contributed by atoms with van der Waals surface area (Å²) in [6, 6.07) is 0. The van der Waals surface area contributed by atoms with Crippen molar-refractivity contribution in [3.05, 3.63) is 0 Å². The summed E-state index contributed by atoms with van der Waals surface area (Å²) in [6.45, 7) is 2.53. The van der Waals surface area contributed by atoms with Crippen LogP contribution in [0.25, 0.3) is 0 Å². The fraction of sp³-hybridized carbons (Fsp3) is 0.556. The topological polar surface area (TPSA) is 101 Å². The number of ether oxygens (including phenoxy) is 1. The Labute approximate surface area is 112 Å². The van der Waals surface area contributed by atoms with E-state index in [0.29, 0.717) is 22.6 Å². The minimum atomic E-state index is -0.896. The molecule has 0 unspecified atom stereocenters. The van der Waals surface area contributed by atoms with E-state index >= 15 is 0 Å². The highest BCUT2D eigenvalue weighted by Crippen LogP contribution is 2.25. The number of aliphatic carboxylic acids is 1. The summed E-state index contributed by atoms with van der Waals surface area (Å²) in [4.78, 5) is 21.4. The lowest BCUT2D eigenvalue weighted by molar-refractivity contribution is -0.142. The number of aromatic nitrogens is 2. The summed E-state index contributed by atoms with van der Waals surface area (Å²) in [5.41, 5.74) is 0. The van der Waals surface area contributed by atoms with Gasteiger partial charge in [-0.2, -0.15) is 0 Å². The van der Waals surface area contributed by atoms with E-state index in [9.17, 15) is 9.59 Å². The van der Waals surface area contributed by atoms with E-state index in [1.54, 1.807) is 6.92 Å². The summed E-state index contributed by atoms with van der Waals surface area (Å²) in [6.07, 6.45) is 0.255. The molecule has 0 fully saturated rings. The molecular weight excluding hydrogens is 278 g/mol. The molecule has 0 bridgehead atoms. The molecule has 7 nitrogen and oxygen atoms in total. The zero-order valence-electron chi connectivity index (χ0n) is 9.71.